The van der Waals surface area contributed by atoms with Crippen LogP contribution in [-0.4, -0.2) is 11.9 Å². The zero-order valence-corrected chi connectivity index (χ0v) is 10.3. The first-order chi connectivity index (χ1) is 7.56. The lowest BCUT2D eigenvalue weighted by Gasteiger charge is -2.12. The number of rotatable bonds is 3. The molecule has 0 bridgehead atoms. The fourth-order valence-electron chi connectivity index (χ4n) is 1.24. The maximum Gasteiger partial charge on any atom is 0.254 e. The van der Waals surface area contributed by atoms with Crippen molar-refractivity contribution in [1.29, 1.82) is 0 Å². The first-order valence-corrected chi connectivity index (χ1v) is 5.50. The third-order valence-electron chi connectivity index (χ3n) is 1.99. The molecule has 1 amide bonds. The standard InChI is InChI=1S/C12H11Cl2NO/c1-3-5-8(2)15-12(16)11-9(13)6-4-7-10(11)14/h1,4,6-8H,5H2,2H3,(H,15,16). The molecule has 0 aliphatic rings. The van der Waals surface area contributed by atoms with Gasteiger partial charge in [-0.2, -0.15) is 0 Å². The molecule has 0 aliphatic carbocycles. The van der Waals surface area contributed by atoms with Crippen molar-refractivity contribution in [1.82, 2.24) is 5.32 Å². The summed E-state index contributed by atoms with van der Waals surface area (Å²) < 4.78 is 0. The molecule has 0 saturated carbocycles. The molecular weight excluding hydrogens is 245 g/mol. The van der Waals surface area contributed by atoms with Gasteiger partial charge in [-0.15, -0.1) is 12.3 Å². The number of halogens is 2. The summed E-state index contributed by atoms with van der Waals surface area (Å²) in [6.45, 7) is 1.82. The lowest BCUT2D eigenvalue weighted by Crippen LogP contribution is -2.32. The fourth-order valence-corrected chi connectivity index (χ4v) is 1.81. The summed E-state index contributed by atoms with van der Waals surface area (Å²) in [4.78, 5) is 11.8. The number of carbonyl (C=O) groups is 1. The molecule has 84 valence electrons. The Hall–Kier alpha value is -1.17. The van der Waals surface area contributed by atoms with Gasteiger partial charge in [-0.3, -0.25) is 4.79 Å². The van der Waals surface area contributed by atoms with Gasteiger partial charge in [0, 0.05) is 12.5 Å². The van der Waals surface area contributed by atoms with Crippen LogP contribution < -0.4 is 5.32 Å². The van der Waals surface area contributed by atoms with Crippen molar-refractivity contribution in [3.05, 3.63) is 33.8 Å². The summed E-state index contributed by atoms with van der Waals surface area (Å²) in [5.41, 5.74) is 0.287. The van der Waals surface area contributed by atoms with Gasteiger partial charge < -0.3 is 5.32 Å². The van der Waals surface area contributed by atoms with E-state index in [2.05, 4.69) is 11.2 Å². The smallest absolute Gasteiger partial charge is 0.254 e. The number of nitrogens with one attached hydrogen (secondary N) is 1. The molecule has 1 unspecified atom stereocenters. The molecule has 0 aliphatic heterocycles. The van der Waals surface area contributed by atoms with Crippen LogP contribution >= 0.6 is 23.2 Å². The van der Waals surface area contributed by atoms with Crippen LogP contribution in [0.5, 0.6) is 0 Å². The molecule has 0 heterocycles. The lowest BCUT2D eigenvalue weighted by atomic mass is 10.2. The topological polar surface area (TPSA) is 29.1 Å². The van der Waals surface area contributed by atoms with Gasteiger partial charge in [0.15, 0.2) is 0 Å². The Labute approximate surface area is 105 Å². The van der Waals surface area contributed by atoms with E-state index in [9.17, 15) is 4.79 Å². The SMILES string of the molecule is C#CCC(C)NC(=O)c1c(Cl)cccc1Cl. The summed E-state index contributed by atoms with van der Waals surface area (Å²) in [5, 5.41) is 3.39. The van der Waals surface area contributed by atoms with E-state index in [1.807, 2.05) is 6.92 Å². The zero-order valence-electron chi connectivity index (χ0n) is 8.76. The average Bonchev–Trinajstić information content (AvgIpc) is 2.17. The van der Waals surface area contributed by atoms with E-state index < -0.39 is 0 Å². The van der Waals surface area contributed by atoms with E-state index in [0.29, 0.717) is 16.5 Å². The number of carbonyl (C=O) groups excluding carboxylic acids is 1. The molecule has 0 fully saturated rings. The number of amides is 1. The van der Waals surface area contributed by atoms with Crippen LogP contribution in [0.2, 0.25) is 10.0 Å². The summed E-state index contributed by atoms with van der Waals surface area (Å²) >= 11 is 11.8. The van der Waals surface area contributed by atoms with Gasteiger partial charge in [-0.25, -0.2) is 0 Å². The number of benzene rings is 1. The van der Waals surface area contributed by atoms with Crippen molar-refractivity contribution in [2.24, 2.45) is 0 Å². The Balaban J connectivity index is 2.85. The Bertz CT molecular complexity index is 417. The van der Waals surface area contributed by atoms with Crippen molar-refractivity contribution in [2.45, 2.75) is 19.4 Å². The van der Waals surface area contributed by atoms with Crippen LogP contribution in [0.4, 0.5) is 0 Å². The average molecular weight is 256 g/mol. The second-order valence-electron chi connectivity index (χ2n) is 3.38. The van der Waals surface area contributed by atoms with E-state index in [4.69, 9.17) is 29.6 Å². The van der Waals surface area contributed by atoms with Gasteiger partial charge in [-0.05, 0) is 19.1 Å². The molecule has 4 heteroatoms. The summed E-state index contributed by atoms with van der Waals surface area (Å²) in [7, 11) is 0. The van der Waals surface area contributed by atoms with Gasteiger partial charge in [0.25, 0.3) is 5.91 Å². The highest BCUT2D eigenvalue weighted by molar-refractivity contribution is 6.39. The van der Waals surface area contributed by atoms with Gasteiger partial charge in [0.2, 0.25) is 0 Å². The monoisotopic (exact) mass is 255 g/mol. The summed E-state index contributed by atoms with van der Waals surface area (Å²) in [6.07, 6.45) is 5.62. The van der Waals surface area contributed by atoms with Gasteiger partial charge in [0.1, 0.15) is 0 Å². The van der Waals surface area contributed by atoms with Crippen LogP contribution in [0, 0.1) is 12.3 Å². The third-order valence-corrected chi connectivity index (χ3v) is 2.62. The van der Waals surface area contributed by atoms with Crippen molar-refractivity contribution < 1.29 is 4.79 Å². The second kappa shape index (κ2) is 5.79. The van der Waals surface area contributed by atoms with Crippen molar-refractivity contribution in [3.8, 4) is 12.3 Å². The predicted octanol–water partition coefficient (Wildman–Crippen LogP) is 3.14. The van der Waals surface area contributed by atoms with Crippen LogP contribution in [0.15, 0.2) is 18.2 Å². The highest BCUT2D eigenvalue weighted by Crippen LogP contribution is 2.24. The zero-order chi connectivity index (χ0) is 12.1. The maximum atomic E-state index is 11.8. The highest BCUT2D eigenvalue weighted by Gasteiger charge is 2.15. The minimum atomic E-state index is -0.307. The van der Waals surface area contributed by atoms with E-state index in [-0.39, 0.29) is 17.5 Å². The Morgan fingerprint density at radius 1 is 1.50 bits per heavy atom. The van der Waals surface area contributed by atoms with E-state index in [1.54, 1.807) is 18.2 Å². The van der Waals surface area contributed by atoms with E-state index in [0.717, 1.165) is 0 Å². The molecule has 1 aromatic carbocycles. The Morgan fingerprint density at radius 3 is 2.56 bits per heavy atom. The summed E-state index contributed by atoms with van der Waals surface area (Å²) in [6, 6.07) is 4.82. The van der Waals surface area contributed by atoms with Crippen LogP contribution in [-0.2, 0) is 0 Å². The number of terminal acetylenes is 1. The van der Waals surface area contributed by atoms with Crippen molar-refractivity contribution >= 4 is 29.1 Å². The molecule has 16 heavy (non-hydrogen) atoms. The number of hydrogen-bond acceptors (Lipinski definition) is 1. The molecule has 1 atom stereocenters. The molecule has 0 radical (unpaired) electrons. The molecule has 0 saturated heterocycles. The second-order valence-corrected chi connectivity index (χ2v) is 4.19. The van der Waals surface area contributed by atoms with Gasteiger partial charge >= 0.3 is 0 Å². The molecule has 0 spiro atoms. The summed E-state index contributed by atoms with van der Waals surface area (Å²) in [5.74, 6) is 2.17. The first kappa shape index (κ1) is 12.9. The van der Waals surface area contributed by atoms with E-state index >= 15 is 0 Å². The van der Waals surface area contributed by atoms with Crippen molar-refractivity contribution in [2.75, 3.05) is 0 Å². The van der Waals surface area contributed by atoms with Crippen LogP contribution in [0.25, 0.3) is 0 Å². The Kier molecular flexibility index (Phi) is 4.67. The molecule has 1 aromatic rings. The lowest BCUT2D eigenvalue weighted by molar-refractivity contribution is 0.0941. The number of hydrogen-bond donors (Lipinski definition) is 1. The highest BCUT2D eigenvalue weighted by atomic mass is 35.5. The first-order valence-electron chi connectivity index (χ1n) is 4.74. The molecule has 1 rings (SSSR count). The largest absolute Gasteiger partial charge is 0.349 e. The third kappa shape index (κ3) is 3.16. The van der Waals surface area contributed by atoms with Crippen molar-refractivity contribution in [3.63, 3.8) is 0 Å². The minimum absolute atomic E-state index is 0.107. The van der Waals surface area contributed by atoms with Gasteiger partial charge in [-0.1, -0.05) is 29.3 Å². The minimum Gasteiger partial charge on any atom is -0.349 e. The fraction of sp³-hybridized carbons (Fsp3) is 0.250. The molecule has 1 N–H and O–H groups in total. The maximum absolute atomic E-state index is 11.8. The molecular formula is C12H11Cl2NO. The quantitative estimate of drug-likeness (QED) is 0.827. The molecule has 0 aromatic heterocycles. The van der Waals surface area contributed by atoms with Crippen LogP contribution in [0.1, 0.15) is 23.7 Å². The normalized spacial score (nSPS) is 11.6. The Morgan fingerprint density at radius 2 is 2.06 bits per heavy atom. The predicted molar refractivity (Wildman–Crippen MR) is 66.8 cm³/mol. The molecule has 2 nitrogen and oxygen atoms in total. The van der Waals surface area contributed by atoms with E-state index in [1.165, 1.54) is 0 Å². The van der Waals surface area contributed by atoms with Gasteiger partial charge in [0.05, 0.1) is 15.6 Å². The van der Waals surface area contributed by atoms with Crippen LogP contribution in [0.3, 0.4) is 0 Å².